The van der Waals surface area contributed by atoms with Gasteiger partial charge in [0, 0.05) is 8.95 Å². The van der Waals surface area contributed by atoms with E-state index in [9.17, 15) is 4.79 Å². The number of halogens is 2. The van der Waals surface area contributed by atoms with Crippen molar-refractivity contribution in [2.75, 3.05) is 5.32 Å². The summed E-state index contributed by atoms with van der Waals surface area (Å²) in [4.78, 5) is 15.8. The number of nitrogens with zero attached hydrogens (tertiary/aromatic N) is 2. The standard InChI is InChI=1S/C10H8Br2N4O/c1-5-13-9(16-15-5)10(17)14-8-4-6(11)2-3-7(8)12/h2-4H,1H3,(H,14,17)(H,13,15,16). The maximum absolute atomic E-state index is 11.8. The number of amides is 1. The van der Waals surface area contributed by atoms with Crippen molar-refractivity contribution in [3.8, 4) is 0 Å². The summed E-state index contributed by atoms with van der Waals surface area (Å²) in [5, 5.41) is 9.13. The first-order chi connectivity index (χ1) is 8.06. The molecule has 0 aliphatic heterocycles. The molecule has 7 heteroatoms. The number of rotatable bonds is 2. The summed E-state index contributed by atoms with van der Waals surface area (Å²) in [6.45, 7) is 1.73. The molecule has 0 unspecified atom stereocenters. The highest BCUT2D eigenvalue weighted by molar-refractivity contribution is 9.11. The van der Waals surface area contributed by atoms with E-state index in [1.54, 1.807) is 13.0 Å². The lowest BCUT2D eigenvalue weighted by Gasteiger charge is -2.05. The quantitative estimate of drug-likeness (QED) is 0.866. The lowest BCUT2D eigenvalue weighted by Crippen LogP contribution is -2.14. The zero-order valence-corrected chi connectivity index (χ0v) is 12.0. The average Bonchev–Trinajstić information content (AvgIpc) is 2.70. The summed E-state index contributed by atoms with van der Waals surface area (Å²) >= 11 is 6.69. The number of H-pyrrole nitrogens is 1. The van der Waals surface area contributed by atoms with Gasteiger partial charge in [-0.2, -0.15) is 0 Å². The third-order valence-corrected chi connectivity index (χ3v) is 3.16. The van der Waals surface area contributed by atoms with Gasteiger partial charge in [0.25, 0.3) is 5.91 Å². The molecule has 2 aromatic rings. The fourth-order valence-electron chi connectivity index (χ4n) is 1.22. The van der Waals surface area contributed by atoms with E-state index in [1.165, 1.54) is 0 Å². The number of anilines is 1. The van der Waals surface area contributed by atoms with Gasteiger partial charge in [0.05, 0.1) is 5.69 Å². The van der Waals surface area contributed by atoms with Crippen molar-refractivity contribution < 1.29 is 4.79 Å². The largest absolute Gasteiger partial charge is 0.318 e. The summed E-state index contributed by atoms with van der Waals surface area (Å²) in [6, 6.07) is 5.50. The number of carbonyl (C=O) groups is 1. The third-order valence-electron chi connectivity index (χ3n) is 1.98. The van der Waals surface area contributed by atoms with E-state index < -0.39 is 0 Å². The van der Waals surface area contributed by atoms with Gasteiger partial charge in [-0.25, -0.2) is 4.98 Å². The molecule has 1 amide bonds. The molecule has 17 heavy (non-hydrogen) atoms. The molecule has 0 aliphatic rings. The van der Waals surface area contributed by atoms with Gasteiger partial charge in [-0.3, -0.25) is 9.89 Å². The van der Waals surface area contributed by atoms with E-state index in [2.05, 4.69) is 52.4 Å². The topological polar surface area (TPSA) is 70.7 Å². The second kappa shape index (κ2) is 4.97. The Balaban J connectivity index is 2.21. The molecular formula is C10H8Br2N4O. The Bertz CT molecular complexity index is 567. The number of hydrogen-bond acceptors (Lipinski definition) is 3. The van der Waals surface area contributed by atoms with Crippen LogP contribution < -0.4 is 5.32 Å². The minimum Gasteiger partial charge on any atom is -0.318 e. The molecule has 0 radical (unpaired) electrons. The van der Waals surface area contributed by atoms with Crippen molar-refractivity contribution in [3.05, 3.63) is 38.8 Å². The van der Waals surface area contributed by atoms with Crippen LogP contribution in [0.25, 0.3) is 0 Å². The first kappa shape index (κ1) is 12.3. The molecule has 0 saturated heterocycles. The van der Waals surface area contributed by atoms with Gasteiger partial charge in [-0.05, 0) is 41.1 Å². The molecule has 0 saturated carbocycles. The normalized spacial score (nSPS) is 10.3. The number of aromatic nitrogens is 3. The van der Waals surface area contributed by atoms with E-state index in [4.69, 9.17) is 0 Å². The van der Waals surface area contributed by atoms with Crippen LogP contribution in [0.3, 0.4) is 0 Å². The summed E-state index contributed by atoms with van der Waals surface area (Å²) in [5.74, 6) is 0.367. The molecule has 2 N–H and O–H groups in total. The number of hydrogen-bond donors (Lipinski definition) is 2. The van der Waals surface area contributed by atoms with Gasteiger partial charge in [0.15, 0.2) is 0 Å². The van der Waals surface area contributed by atoms with Crippen molar-refractivity contribution in [3.63, 3.8) is 0 Å². The molecule has 0 atom stereocenters. The van der Waals surface area contributed by atoms with Crippen LogP contribution in [0.5, 0.6) is 0 Å². The fourth-order valence-corrected chi connectivity index (χ4v) is 1.92. The summed E-state index contributed by atoms with van der Waals surface area (Å²) in [5.41, 5.74) is 0.659. The molecule has 5 nitrogen and oxygen atoms in total. The molecule has 1 aromatic heterocycles. The van der Waals surface area contributed by atoms with Crippen LogP contribution in [0.2, 0.25) is 0 Å². The Morgan fingerprint density at radius 3 is 2.82 bits per heavy atom. The molecule has 0 spiro atoms. The summed E-state index contributed by atoms with van der Waals surface area (Å²) in [6.07, 6.45) is 0. The predicted molar refractivity (Wildman–Crippen MR) is 70.9 cm³/mol. The Labute approximate surface area is 114 Å². The molecule has 0 bridgehead atoms. The SMILES string of the molecule is Cc1nc(C(=O)Nc2cc(Br)ccc2Br)n[nH]1. The first-order valence-corrected chi connectivity index (χ1v) is 6.30. The van der Waals surface area contributed by atoms with Gasteiger partial charge < -0.3 is 5.32 Å². The fraction of sp³-hybridized carbons (Fsp3) is 0.100. The van der Waals surface area contributed by atoms with E-state index in [0.717, 1.165) is 8.95 Å². The van der Waals surface area contributed by atoms with E-state index >= 15 is 0 Å². The van der Waals surface area contributed by atoms with Gasteiger partial charge >= 0.3 is 0 Å². The molecule has 0 aliphatic carbocycles. The maximum Gasteiger partial charge on any atom is 0.295 e. The van der Waals surface area contributed by atoms with Crippen LogP contribution in [-0.2, 0) is 0 Å². The van der Waals surface area contributed by atoms with Gasteiger partial charge in [0.1, 0.15) is 5.82 Å². The highest BCUT2D eigenvalue weighted by atomic mass is 79.9. The van der Waals surface area contributed by atoms with Crippen LogP contribution in [-0.4, -0.2) is 21.1 Å². The van der Waals surface area contributed by atoms with Crippen molar-refractivity contribution in [1.29, 1.82) is 0 Å². The minimum atomic E-state index is -0.354. The number of carbonyl (C=O) groups excluding carboxylic acids is 1. The van der Waals surface area contributed by atoms with Crippen molar-refractivity contribution in [2.45, 2.75) is 6.92 Å². The minimum absolute atomic E-state index is 0.120. The molecular weight excluding hydrogens is 352 g/mol. The second-order valence-electron chi connectivity index (χ2n) is 3.32. The van der Waals surface area contributed by atoms with Crippen molar-refractivity contribution in [1.82, 2.24) is 15.2 Å². The van der Waals surface area contributed by atoms with Crippen LogP contribution >= 0.6 is 31.9 Å². The predicted octanol–water partition coefficient (Wildman–Crippen LogP) is 2.89. The first-order valence-electron chi connectivity index (χ1n) is 4.71. The van der Waals surface area contributed by atoms with Crippen LogP contribution in [0, 0.1) is 6.92 Å². The van der Waals surface area contributed by atoms with Crippen LogP contribution in [0.15, 0.2) is 27.1 Å². The monoisotopic (exact) mass is 358 g/mol. The zero-order chi connectivity index (χ0) is 12.4. The molecule has 0 fully saturated rings. The van der Waals surface area contributed by atoms with Gasteiger partial charge in [-0.15, -0.1) is 5.10 Å². The zero-order valence-electron chi connectivity index (χ0n) is 8.79. The maximum atomic E-state index is 11.8. The van der Waals surface area contributed by atoms with E-state index in [1.807, 2.05) is 12.1 Å². The summed E-state index contributed by atoms with van der Waals surface area (Å²) < 4.78 is 1.67. The van der Waals surface area contributed by atoms with Crippen LogP contribution in [0.1, 0.15) is 16.4 Å². The average molecular weight is 360 g/mol. The lowest BCUT2D eigenvalue weighted by atomic mass is 10.3. The molecule has 2 rings (SSSR count). The van der Waals surface area contributed by atoms with Gasteiger partial charge in [0.2, 0.25) is 5.82 Å². The Kier molecular flexibility index (Phi) is 3.58. The van der Waals surface area contributed by atoms with E-state index in [-0.39, 0.29) is 11.7 Å². The molecule has 1 aromatic carbocycles. The van der Waals surface area contributed by atoms with Gasteiger partial charge in [-0.1, -0.05) is 15.9 Å². The Morgan fingerprint density at radius 2 is 2.18 bits per heavy atom. The van der Waals surface area contributed by atoms with Crippen molar-refractivity contribution >= 4 is 43.5 Å². The van der Waals surface area contributed by atoms with Crippen LogP contribution in [0.4, 0.5) is 5.69 Å². The van der Waals surface area contributed by atoms with Crippen molar-refractivity contribution in [2.24, 2.45) is 0 Å². The van der Waals surface area contributed by atoms with E-state index in [0.29, 0.717) is 11.5 Å². The summed E-state index contributed by atoms with van der Waals surface area (Å²) in [7, 11) is 0. The smallest absolute Gasteiger partial charge is 0.295 e. The number of aromatic amines is 1. The molecule has 88 valence electrons. The molecule has 1 heterocycles. The number of aryl methyl sites for hydroxylation is 1. The number of benzene rings is 1. The third kappa shape index (κ3) is 2.92. The highest BCUT2D eigenvalue weighted by Crippen LogP contribution is 2.26. The second-order valence-corrected chi connectivity index (χ2v) is 5.09. The highest BCUT2D eigenvalue weighted by Gasteiger charge is 2.12. The lowest BCUT2D eigenvalue weighted by molar-refractivity contribution is 0.101. The Hall–Kier alpha value is -1.21. The Morgan fingerprint density at radius 1 is 1.41 bits per heavy atom. The number of nitrogens with one attached hydrogen (secondary N) is 2.